The van der Waals surface area contributed by atoms with Gasteiger partial charge in [0.2, 0.25) is 10.0 Å². The zero-order valence-corrected chi connectivity index (χ0v) is 15.3. The minimum atomic E-state index is -3.68. The fourth-order valence-corrected chi connectivity index (χ4v) is 5.39. The van der Waals surface area contributed by atoms with Crippen molar-refractivity contribution in [3.63, 3.8) is 0 Å². The third kappa shape index (κ3) is 3.85. The van der Waals surface area contributed by atoms with E-state index < -0.39 is 21.9 Å². The number of sulfonamides is 1. The summed E-state index contributed by atoms with van der Waals surface area (Å²) in [6.45, 7) is 1.87. The van der Waals surface area contributed by atoms with E-state index in [-0.39, 0.29) is 10.9 Å². The number of hydrogen-bond acceptors (Lipinski definition) is 3. The summed E-state index contributed by atoms with van der Waals surface area (Å²) in [6, 6.07) is 2.95. The van der Waals surface area contributed by atoms with Gasteiger partial charge in [-0.05, 0) is 59.8 Å². The minimum Gasteiger partial charge on any atom is -0.481 e. The highest BCUT2D eigenvalue weighted by molar-refractivity contribution is 9.11. The highest BCUT2D eigenvalue weighted by Gasteiger charge is 2.33. The molecule has 5 nitrogen and oxygen atoms in total. The quantitative estimate of drug-likeness (QED) is 0.753. The molecule has 0 saturated heterocycles. The van der Waals surface area contributed by atoms with Crippen molar-refractivity contribution in [3.05, 3.63) is 26.6 Å². The van der Waals surface area contributed by atoms with E-state index >= 15 is 0 Å². The van der Waals surface area contributed by atoms with Gasteiger partial charge in [-0.1, -0.05) is 15.9 Å². The van der Waals surface area contributed by atoms with Gasteiger partial charge in [-0.2, -0.15) is 0 Å². The van der Waals surface area contributed by atoms with Crippen LogP contribution in [0.5, 0.6) is 0 Å². The molecule has 1 fully saturated rings. The molecule has 0 amide bonds. The molecule has 1 aromatic rings. The van der Waals surface area contributed by atoms with Crippen LogP contribution in [0.15, 0.2) is 26.0 Å². The number of nitrogens with one attached hydrogen (secondary N) is 1. The number of aliphatic carboxylic acids is 1. The van der Waals surface area contributed by atoms with E-state index in [0.29, 0.717) is 28.2 Å². The molecule has 1 aliphatic carbocycles. The molecule has 0 radical (unpaired) electrons. The minimum absolute atomic E-state index is 0.152. The highest BCUT2D eigenvalue weighted by Crippen LogP contribution is 2.31. The van der Waals surface area contributed by atoms with Gasteiger partial charge in [0.1, 0.15) is 0 Å². The molecule has 116 valence electrons. The summed E-state index contributed by atoms with van der Waals surface area (Å²) in [5.74, 6) is -1.33. The Morgan fingerprint density at radius 2 is 1.95 bits per heavy atom. The Balaban J connectivity index is 2.20. The van der Waals surface area contributed by atoms with E-state index in [1.807, 2.05) is 6.92 Å². The van der Waals surface area contributed by atoms with Gasteiger partial charge in [0.05, 0.1) is 10.8 Å². The molecule has 0 bridgehead atoms. The van der Waals surface area contributed by atoms with Gasteiger partial charge in [-0.15, -0.1) is 0 Å². The molecule has 1 aromatic carbocycles. The van der Waals surface area contributed by atoms with Gasteiger partial charge in [-0.25, -0.2) is 13.1 Å². The van der Waals surface area contributed by atoms with Crippen LogP contribution >= 0.6 is 31.9 Å². The molecular weight excluding hydrogens is 426 g/mol. The van der Waals surface area contributed by atoms with Crippen molar-refractivity contribution in [1.29, 1.82) is 0 Å². The van der Waals surface area contributed by atoms with Crippen molar-refractivity contribution in [2.45, 2.75) is 37.1 Å². The lowest BCUT2D eigenvalue weighted by Gasteiger charge is -2.15. The number of hydrogen-bond donors (Lipinski definition) is 2. The summed E-state index contributed by atoms with van der Waals surface area (Å²) >= 11 is 6.59. The Bertz CT molecular complexity index is 675. The number of aryl methyl sites for hydroxylation is 1. The van der Waals surface area contributed by atoms with Crippen LogP contribution in [-0.2, 0) is 14.8 Å². The fraction of sp³-hybridized carbons (Fsp3) is 0.462. The lowest BCUT2D eigenvalue weighted by Crippen LogP contribution is -2.33. The van der Waals surface area contributed by atoms with E-state index in [2.05, 4.69) is 36.6 Å². The first-order chi connectivity index (χ1) is 9.70. The molecule has 2 unspecified atom stereocenters. The molecule has 2 N–H and O–H groups in total. The summed E-state index contributed by atoms with van der Waals surface area (Å²) in [6.07, 6.45) is 1.38. The summed E-state index contributed by atoms with van der Waals surface area (Å²) in [4.78, 5) is 11.1. The van der Waals surface area contributed by atoms with Crippen LogP contribution in [0.4, 0.5) is 0 Å². The molecule has 0 spiro atoms. The average molecular weight is 441 g/mol. The zero-order valence-electron chi connectivity index (χ0n) is 11.3. The highest BCUT2D eigenvalue weighted by atomic mass is 79.9. The van der Waals surface area contributed by atoms with E-state index in [1.165, 1.54) is 0 Å². The molecule has 0 heterocycles. The first-order valence-corrected chi connectivity index (χ1v) is 9.48. The van der Waals surface area contributed by atoms with Crippen LogP contribution in [-0.4, -0.2) is 25.5 Å². The Kier molecular flexibility index (Phi) is 5.12. The maximum atomic E-state index is 12.4. The third-order valence-electron chi connectivity index (χ3n) is 3.61. The number of benzene rings is 1. The van der Waals surface area contributed by atoms with Crippen LogP contribution in [0, 0.1) is 12.8 Å². The summed E-state index contributed by atoms with van der Waals surface area (Å²) in [5, 5.41) is 8.97. The number of carbonyl (C=O) groups is 1. The van der Waals surface area contributed by atoms with Crippen LogP contribution in [0.2, 0.25) is 0 Å². The summed E-state index contributed by atoms with van der Waals surface area (Å²) in [7, 11) is -3.68. The maximum absolute atomic E-state index is 12.4. The maximum Gasteiger partial charge on any atom is 0.306 e. The average Bonchev–Trinajstić information content (AvgIpc) is 2.81. The summed E-state index contributed by atoms with van der Waals surface area (Å²) in [5.41, 5.74) is 0.924. The van der Waals surface area contributed by atoms with Crippen molar-refractivity contribution in [3.8, 4) is 0 Å². The van der Waals surface area contributed by atoms with Gasteiger partial charge in [0, 0.05) is 15.0 Å². The van der Waals surface area contributed by atoms with Crippen molar-refractivity contribution in [1.82, 2.24) is 4.72 Å². The largest absolute Gasteiger partial charge is 0.481 e. The molecule has 2 rings (SSSR count). The fourth-order valence-electron chi connectivity index (χ4n) is 2.43. The number of carboxylic acid groups (broad SMARTS) is 1. The molecule has 2 atom stereocenters. The van der Waals surface area contributed by atoms with Crippen molar-refractivity contribution >= 4 is 47.9 Å². The number of carboxylic acids is 1. The van der Waals surface area contributed by atoms with Gasteiger partial charge in [-0.3, -0.25) is 4.79 Å². The zero-order chi connectivity index (χ0) is 15.8. The van der Waals surface area contributed by atoms with E-state index in [0.717, 1.165) is 5.56 Å². The monoisotopic (exact) mass is 439 g/mol. The lowest BCUT2D eigenvalue weighted by atomic mass is 10.1. The first-order valence-electron chi connectivity index (χ1n) is 6.41. The Labute approximate surface area is 140 Å². The molecule has 21 heavy (non-hydrogen) atoms. The van der Waals surface area contributed by atoms with E-state index in [9.17, 15) is 13.2 Å². The SMILES string of the molecule is Cc1cc(Br)c(S(=O)(=O)NC2CCC(C(=O)O)C2)cc1Br. The molecule has 0 aliphatic heterocycles. The molecule has 0 aromatic heterocycles. The van der Waals surface area contributed by atoms with Gasteiger partial charge in [0.15, 0.2) is 0 Å². The Hall–Kier alpha value is -0.440. The normalized spacial score (nSPS) is 22.4. The number of rotatable bonds is 4. The molecular formula is C13H15Br2NO4S. The topological polar surface area (TPSA) is 83.5 Å². The molecule has 1 saturated carbocycles. The van der Waals surface area contributed by atoms with Gasteiger partial charge >= 0.3 is 5.97 Å². The van der Waals surface area contributed by atoms with Crippen molar-refractivity contribution in [2.24, 2.45) is 5.92 Å². The van der Waals surface area contributed by atoms with Crippen LogP contribution in [0.3, 0.4) is 0 Å². The molecule has 1 aliphatic rings. The first kappa shape index (κ1) is 16.9. The Morgan fingerprint density at radius 3 is 2.52 bits per heavy atom. The second kappa shape index (κ2) is 6.36. The lowest BCUT2D eigenvalue weighted by molar-refractivity contribution is -0.141. The van der Waals surface area contributed by atoms with Gasteiger partial charge < -0.3 is 5.11 Å². The summed E-state index contributed by atoms with van der Waals surface area (Å²) < 4.78 is 28.7. The van der Waals surface area contributed by atoms with E-state index in [4.69, 9.17) is 5.11 Å². The second-order valence-corrected chi connectivity index (χ2v) is 8.59. The predicted octanol–water partition coefficient (Wildman–Crippen LogP) is 3.05. The van der Waals surface area contributed by atoms with Crippen molar-refractivity contribution < 1.29 is 18.3 Å². The Morgan fingerprint density at radius 1 is 1.29 bits per heavy atom. The third-order valence-corrected chi connectivity index (χ3v) is 6.94. The van der Waals surface area contributed by atoms with Gasteiger partial charge in [0.25, 0.3) is 0 Å². The van der Waals surface area contributed by atoms with Crippen molar-refractivity contribution in [2.75, 3.05) is 0 Å². The second-order valence-electron chi connectivity index (χ2n) is 5.20. The van der Waals surface area contributed by atoms with Crippen LogP contribution in [0.1, 0.15) is 24.8 Å². The number of halogens is 2. The van der Waals surface area contributed by atoms with E-state index in [1.54, 1.807) is 12.1 Å². The standard InChI is InChI=1S/C13H15Br2NO4S/c1-7-4-11(15)12(6-10(7)14)21(19,20)16-9-3-2-8(5-9)13(17)18/h4,6,8-9,16H,2-3,5H2,1H3,(H,17,18). The van der Waals surface area contributed by atoms with Crippen LogP contribution < -0.4 is 4.72 Å². The van der Waals surface area contributed by atoms with Crippen LogP contribution in [0.25, 0.3) is 0 Å². The molecule has 8 heteroatoms. The predicted molar refractivity (Wildman–Crippen MR) is 85.7 cm³/mol. The smallest absolute Gasteiger partial charge is 0.306 e.